The summed E-state index contributed by atoms with van der Waals surface area (Å²) >= 11 is 1.90. The number of aromatic nitrogens is 4. The van der Waals surface area contributed by atoms with Crippen LogP contribution < -0.4 is 5.32 Å². The van der Waals surface area contributed by atoms with Gasteiger partial charge in [0.15, 0.2) is 5.82 Å². The summed E-state index contributed by atoms with van der Waals surface area (Å²) in [6.07, 6.45) is 5.89. The van der Waals surface area contributed by atoms with Gasteiger partial charge in [-0.25, -0.2) is 0 Å². The predicted octanol–water partition coefficient (Wildman–Crippen LogP) is 2.41. The van der Waals surface area contributed by atoms with E-state index in [1.807, 2.05) is 17.8 Å². The van der Waals surface area contributed by atoms with Crippen molar-refractivity contribution in [3.8, 4) is 0 Å². The number of hydrogen-bond acceptors (Lipinski definition) is 6. The van der Waals surface area contributed by atoms with E-state index < -0.39 is 0 Å². The molecule has 3 heterocycles. The van der Waals surface area contributed by atoms with Crippen molar-refractivity contribution in [2.75, 3.05) is 31.6 Å². The minimum absolute atomic E-state index is 0.177. The third-order valence-electron chi connectivity index (χ3n) is 5.10. The third-order valence-corrected chi connectivity index (χ3v) is 5.80. The van der Waals surface area contributed by atoms with Crippen LogP contribution in [0.5, 0.6) is 0 Å². The Morgan fingerprint density at radius 1 is 1.25 bits per heavy atom. The van der Waals surface area contributed by atoms with Gasteiger partial charge in [0.25, 0.3) is 5.91 Å². The Hall–Kier alpha value is -1.93. The summed E-state index contributed by atoms with van der Waals surface area (Å²) in [7, 11) is 0. The first kappa shape index (κ1) is 20.8. The Morgan fingerprint density at radius 3 is 2.82 bits per heavy atom. The van der Waals surface area contributed by atoms with Gasteiger partial charge in [-0.1, -0.05) is 19.9 Å². The molecule has 0 aromatic carbocycles. The molecule has 1 N–H and O–H groups in total. The minimum atomic E-state index is -0.196. The van der Waals surface area contributed by atoms with Gasteiger partial charge in [-0.3, -0.25) is 9.78 Å². The van der Waals surface area contributed by atoms with Gasteiger partial charge in [-0.15, -0.1) is 10.2 Å². The number of carbonyl (C=O) groups is 1. The third kappa shape index (κ3) is 5.11. The highest BCUT2D eigenvalue weighted by atomic mass is 32.2. The van der Waals surface area contributed by atoms with E-state index in [-0.39, 0.29) is 17.9 Å². The number of carbonyl (C=O) groups excluding carboxylic acids is 1. The summed E-state index contributed by atoms with van der Waals surface area (Å²) in [6.45, 7) is 8.18. The molecule has 1 aliphatic rings. The molecular formula is C20H30N6OS. The van der Waals surface area contributed by atoms with E-state index in [0.717, 1.165) is 44.2 Å². The van der Waals surface area contributed by atoms with Crippen molar-refractivity contribution >= 4 is 17.7 Å². The van der Waals surface area contributed by atoms with Gasteiger partial charge in [-0.2, -0.15) is 11.8 Å². The van der Waals surface area contributed by atoms with Gasteiger partial charge in [0.2, 0.25) is 0 Å². The normalized spacial score (nSPS) is 15.9. The van der Waals surface area contributed by atoms with E-state index in [2.05, 4.69) is 50.1 Å². The van der Waals surface area contributed by atoms with E-state index in [1.165, 1.54) is 12.2 Å². The first-order valence-corrected chi connectivity index (χ1v) is 11.3. The van der Waals surface area contributed by atoms with Crippen LogP contribution in [0.2, 0.25) is 0 Å². The van der Waals surface area contributed by atoms with Crippen molar-refractivity contribution in [1.29, 1.82) is 0 Å². The number of nitrogens with zero attached hydrogens (tertiary/aromatic N) is 5. The summed E-state index contributed by atoms with van der Waals surface area (Å²) in [4.78, 5) is 19.3. The highest BCUT2D eigenvalue weighted by Crippen LogP contribution is 2.23. The molecule has 0 spiro atoms. The number of hydrogen-bond donors (Lipinski definition) is 1. The highest BCUT2D eigenvalue weighted by Gasteiger charge is 2.27. The molecule has 7 nitrogen and oxygen atoms in total. The van der Waals surface area contributed by atoms with Crippen LogP contribution >= 0.6 is 11.8 Å². The lowest BCUT2D eigenvalue weighted by Crippen LogP contribution is -2.35. The van der Waals surface area contributed by atoms with Crippen molar-refractivity contribution < 1.29 is 4.79 Å². The summed E-state index contributed by atoms with van der Waals surface area (Å²) < 4.78 is 2.21. The maximum absolute atomic E-state index is 12.6. The monoisotopic (exact) mass is 402 g/mol. The predicted molar refractivity (Wildman–Crippen MR) is 112 cm³/mol. The Bertz CT molecular complexity index is 763. The van der Waals surface area contributed by atoms with E-state index in [4.69, 9.17) is 0 Å². The van der Waals surface area contributed by atoms with Crippen LogP contribution in [-0.4, -0.2) is 62.2 Å². The molecule has 1 unspecified atom stereocenters. The molecule has 8 heteroatoms. The second-order valence-corrected chi connectivity index (χ2v) is 8.46. The number of fused-ring (bicyclic) bond motifs is 1. The summed E-state index contributed by atoms with van der Waals surface area (Å²) in [5, 5.41) is 12.0. The molecule has 1 atom stereocenters. The molecule has 0 saturated heterocycles. The smallest absolute Gasteiger partial charge is 0.270 e. The van der Waals surface area contributed by atoms with Crippen LogP contribution in [0.15, 0.2) is 24.4 Å². The quantitative estimate of drug-likeness (QED) is 0.684. The fourth-order valence-electron chi connectivity index (χ4n) is 3.52. The molecule has 0 aliphatic carbocycles. The standard InChI is InChI=1S/C20H30N6OS/c1-15(2)18(22-20(27)16-7-4-5-9-21-16)19-24-23-17-8-11-25(10-6-14-28-3)12-13-26(17)19/h4-5,7,9,15,18H,6,8,10-14H2,1-3H3,(H,22,27). The molecule has 2 aromatic heterocycles. The van der Waals surface area contributed by atoms with Crippen molar-refractivity contribution in [2.45, 2.75) is 39.3 Å². The average Bonchev–Trinajstić information content (AvgIpc) is 2.99. The minimum Gasteiger partial charge on any atom is -0.340 e. The molecule has 0 fully saturated rings. The number of pyridine rings is 1. The van der Waals surface area contributed by atoms with Gasteiger partial charge in [-0.05, 0) is 43.0 Å². The van der Waals surface area contributed by atoms with Crippen LogP contribution in [0, 0.1) is 5.92 Å². The SMILES string of the molecule is CSCCCN1CCc2nnc(C(NC(=O)c3ccccn3)C(C)C)n2CC1. The first-order chi connectivity index (χ1) is 13.6. The molecule has 3 rings (SSSR count). The van der Waals surface area contributed by atoms with E-state index in [0.29, 0.717) is 5.69 Å². The second kappa shape index (κ2) is 10.0. The zero-order chi connectivity index (χ0) is 19.9. The van der Waals surface area contributed by atoms with Crippen LogP contribution in [0.25, 0.3) is 0 Å². The lowest BCUT2D eigenvalue weighted by molar-refractivity contribution is 0.0916. The van der Waals surface area contributed by atoms with Crippen LogP contribution in [0.1, 0.15) is 48.4 Å². The van der Waals surface area contributed by atoms with Crippen molar-refractivity contribution in [3.63, 3.8) is 0 Å². The summed E-state index contributed by atoms with van der Waals surface area (Å²) in [5.74, 6) is 3.08. The van der Waals surface area contributed by atoms with Gasteiger partial charge < -0.3 is 14.8 Å². The maximum atomic E-state index is 12.6. The molecule has 1 aliphatic heterocycles. The number of rotatable bonds is 8. The van der Waals surface area contributed by atoms with E-state index in [9.17, 15) is 4.79 Å². The van der Waals surface area contributed by atoms with Gasteiger partial charge in [0, 0.05) is 32.3 Å². The fourth-order valence-corrected chi connectivity index (χ4v) is 3.93. The lowest BCUT2D eigenvalue weighted by Gasteiger charge is -2.23. The average molecular weight is 403 g/mol. The zero-order valence-electron chi connectivity index (χ0n) is 17.0. The Labute approximate surface area is 171 Å². The molecule has 1 amide bonds. The molecule has 2 aromatic rings. The number of nitrogens with one attached hydrogen (secondary N) is 1. The largest absolute Gasteiger partial charge is 0.340 e. The Balaban J connectivity index is 1.72. The van der Waals surface area contributed by atoms with Gasteiger partial charge >= 0.3 is 0 Å². The van der Waals surface area contributed by atoms with Crippen molar-refractivity contribution in [2.24, 2.45) is 5.92 Å². The number of thioether (sulfide) groups is 1. The van der Waals surface area contributed by atoms with Crippen LogP contribution in [0.3, 0.4) is 0 Å². The molecule has 0 saturated carbocycles. The second-order valence-electron chi connectivity index (χ2n) is 7.47. The zero-order valence-corrected chi connectivity index (χ0v) is 17.8. The van der Waals surface area contributed by atoms with Crippen molar-refractivity contribution in [3.05, 3.63) is 41.7 Å². The number of amides is 1. The summed E-state index contributed by atoms with van der Waals surface area (Å²) in [5.41, 5.74) is 0.420. The molecule has 28 heavy (non-hydrogen) atoms. The van der Waals surface area contributed by atoms with E-state index >= 15 is 0 Å². The van der Waals surface area contributed by atoms with Crippen LogP contribution in [-0.2, 0) is 13.0 Å². The van der Waals surface area contributed by atoms with Gasteiger partial charge in [0.1, 0.15) is 11.5 Å². The Kier molecular flexibility index (Phi) is 7.44. The molecule has 0 bridgehead atoms. The van der Waals surface area contributed by atoms with Gasteiger partial charge in [0.05, 0.1) is 6.04 Å². The molecular weight excluding hydrogens is 372 g/mol. The molecule has 0 radical (unpaired) electrons. The Morgan fingerprint density at radius 2 is 2.11 bits per heavy atom. The van der Waals surface area contributed by atoms with E-state index in [1.54, 1.807) is 18.3 Å². The maximum Gasteiger partial charge on any atom is 0.270 e. The lowest BCUT2D eigenvalue weighted by atomic mass is 10.0. The topological polar surface area (TPSA) is 75.9 Å². The first-order valence-electron chi connectivity index (χ1n) is 9.95. The van der Waals surface area contributed by atoms with Crippen molar-refractivity contribution in [1.82, 2.24) is 30.0 Å². The summed E-state index contributed by atoms with van der Waals surface area (Å²) in [6, 6.07) is 5.16. The molecule has 152 valence electrons. The van der Waals surface area contributed by atoms with Crippen LogP contribution in [0.4, 0.5) is 0 Å². The highest BCUT2D eigenvalue weighted by molar-refractivity contribution is 7.98. The fraction of sp³-hybridized carbons (Fsp3) is 0.600.